The average Bonchev–Trinajstić information content (AvgIpc) is 2.93. The van der Waals surface area contributed by atoms with Gasteiger partial charge < -0.3 is 25.8 Å². The van der Waals surface area contributed by atoms with Crippen LogP contribution in [0, 0.1) is 5.82 Å². The number of carbonyl (C=O) groups excluding carboxylic acids is 3. The van der Waals surface area contributed by atoms with Gasteiger partial charge in [-0.05, 0) is 30.7 Å². The quantitative estimate of drug-likeness (QED) is 0.731. The van der Waals surface area contributed by atoms with E-state index in [2.05, 4.69) is 16.0 Å². The number of benzene rings is 1. The highest BCUT2D eigenvalue weighted by molar-refractivity contribution is 5.94. The van der Waals surface area contributed by atoms with Crippen LogP contribution in [0.4, 0.5) is 19.7 Å². The van der Waals surface area contributed by atoms with E-state index in [1.807, 2.05) is 0 Å². The molecule has 134 valence electrons. The second-order valence-electron chi connectivity index (χ2n) is 6.23. The van der Waals surface area contributed by atoms with Crippen molar-refractivity contribution in [2.75, 3.05) is 31.5 Å². The smallest absolute Gasteiger partial charge is 0.322 e. The first kappa shape index (κ1) is 17.0. The minimum absolute atomic E-state index is 0.141. The molecule has 1 aromatic carbocycles. The fourth-order valence-corrected chi connectivity index (χ4v) is 2.97. The molecule has 0 bridgehead atoms. The second-order valence-corrected chi connectivity index (χ2v) is 6.23. The highest BCUT2D eigenvalue weighted by Gasteiger charge is 2.26. The number of hydrogen-bond donors (Lipinski definition) is 3. The molecule has 9 heteroatoms. The van der Waals surface area contributed by atoms with E-state index in [0.29, 0.717) is 30.9 Å². The number of carbonyl (C=O) groups is 3. The predicted octanol–water partition coefficient (Wildman–Crippen LogP) is 0.703. The summed E-state index contributed by atoms with van der Waals surface area (Å²) in [6, 6.07) is 3.33. The lowest BCUT2D eigenvalue weighted by Crippen LogP contribution is -2.49. The Morgan fingerprint density at radius 1 is 1.32 bits per heavy atom. The molecule has 3 rings (SSSR count). The number of nitrogens with zero attached hydrogens (tertiary/aromatic N) is 2. The van der Waals surface area contributed by atoms with E-state index in [1.54, 1.807) is 11.8 Å². The number of amides is 5. The molecule has 2 aliphatic rings. The summed E-state index contributed by atoms with van der Waals surface area (Å²) in [5.41, 5.74) is 1.17. The van der Waals surface area contributed by atoms with Crippen molar-refractivity contribution in [3.05, 3.63) is 29.6 Å². The summed E-state index contributed by atoms with van der Waals surface area (Å²) in [5, 5.41) is 8.11. The summed E-state index contributed by atoms with van der Waals surface area (Å²) < 4.78 is 13.3. The van der Waals surface area contributed by atoms with Gasteiger partial charge in [-0.3, -0.25) is 4.79 Å². The van der Waals surface area contributed by atoms with Crippen LogP contribution in [0.2, 0.25) is 0 Å². The molecule has 2 aliphatic heterocycles. The third kappa shape index (κ3) is 3.98. The minimum atomic E-state index is -0.402. The molecule has 5 amide bonds. The van der Waals surface area contributed by atoms with Crippen LogP contribution in [-0.2, 0) is 11.3 Å². The highest BCUT2D eigenvalue weighted by Crippen LogP contribution is 2.23. The van der Waals surface area contributed by atoms with E-state index < -0.39 is 11.8 Å². The van der Waals surface area contributed by atoms with Crippen molar-refractivity contribution in [1.82, 2.24) is 20.4 Å². The Morgan fingerprint density at radius 2 is 2.12 bits per heavy atom. The maximum atomic E-state index is 13.3. The van der Waals surface area contributed by atoms with Crippen molar-refractivity contribution in [2.45, 2.75) is 19.5 Å². The topological polar surface area (TPSA) is 93.8 Å². The second kappa shape index (κ2) is 6.96. The SMILES string of the molecule is C[C@@H](CN1CCNC1=O)NC(=O)CN1Cc2cc(F)ccc2NC1=O. The van der Waals surface area contributed by atoms with Crippen LogP contribution in [0.3, 0.4) is 0 Å². The molecule has 0 saturated carbocycles. The predicted molar refractivity (Wildman–Crippen MR) is 88.4 cm³/mol. The zero-order valence-electron chi connectivity index (χ0n) is 13.8. The van der Waals surface area contributed by atoms with Crippen LogP contribution in [0.1, 0.15) is 12.5 Å². The highest BCUT2D eigenvalue weighted by atomic mass is 19.1. The van der Waals surface area contributed by atoms with Crippen molar-refractivity contribution < 1.29 is 18.8 Å². The molecule has 0 aliphatic carbocycles. The van der Waals surface area contributed by atoms with Crippen molar-refractivity contribution in [3.63, 3.8) is 0 Å². The largest absolute Gasteiger partial charge is 0.350 e. The molecular formula is C16H20FN5O3. The molecule has 1 aromatic rings. The molecule has 8 nitrogen and oxygen atoms in total. The molecule has 1 atom stereocenters. The van der Waals surface area contributed by atoms with Gasteiger partial charge in [0.05, 0.1) is 6.54 Å². The van der Waals surface area contributed by atoms with Gasteiger partial charge in [0, 0.05) is 31.4 Å². The first-order chi connectivity index (χ1) is 11.9. The van der Waals surface area contributed by atoms with Gasteiger partial charge in [0.15, 0.2) is 0 Å². The minimum Gasteiger partial charge on any atom is -0.350 e. The van der Waals surface area contributed by atoms with E-state index in [-0.39, 0.29) is 31.1 Å². The van der Waals surface area contributed by atoms with Crippen LogP contribution in [0.5, 0.6) is 0 Å². The van der Waals surface area contributed by atoms with Gasteiger partial charge in [0.1, 0.15) is 12.4 Å². The number of nitrogens with one attached hydrogen (secondary N) is 3. The molecule has 1 fully saturated rings. The maximum absolute atomic E-state index is 13.3. The molecular weight excluding hydrogens is 329 g/mol. The molecule has 0 unspecified atom stereocenters. The number of hydrogen-bond acceptors (Lipinski definition) is 3. The maximum Gasteiger partial charge on any atom is 0.322 e. The first-order valence-electron chi connectivity index (χ1n) is 8.09. The first-order valence-corrected chi connectivity index (χ1v) is 8.09. The molecule has 25 heavy (non-hydrogen) atoms. The van der Waals surface area contributed by atoms with Crippen LogP contribution < -0.4 is 16.0 Å². The van der Waals surface area contributed by atoms with Gasteiger partial charge in [0.2, 0.25) is 5.91 Å². The fraction of sp³-hybridized carbons (Fsp3) is 0.438. The van der Waals surface area contributed by atoms with Crippen molar-refractivity contribution in [1.29, 1.82) is 0 Å². The van der Waals surface area contributed by atoms with Crippen molar-refractivity contribution in [3.8, 4) is 0 Å². The van der Waals surface area contributed by atoms with Crippen LogP contribution in [-0.4, -0.2) is 60.0 Å². The van der Waals surface area contributed by atoms with Crippen LogP contribution in [0.25, 0.3) is 0 Å². The zero-order chi connectivity index (χ0) is 18.0. The lowest BCUT2D eigenvalue weighted by molar-refractivity contribution is -0.122. The number of anilines is 1. The van der Waals surface area contributed by atoms with E-state index in [9.17, 15) is 18.8 Å². The standard InChI is InChI=1S/C16H20FN5O3/c1-10(7-21-5-4-18-15(21)24)19-14(23)9-22-8-11-6-12(17)2-3-13(11)20-16(22)25/h2-3,6,10H,4-5,7-9H2,1H3,(H,18,24)(H,19,23)(H,20,25)/t10-/m0/s1. The summed E-state index contributed by atoms with van der Waals surface area (Å²) in [5.74, 6) is -0.723. The Bertz CT molecular complexity index is 711. The molecule has 0 radical (unpaired) electrons. The van der Waals surface area contributed by atoms with E-state index in [0.717, 1.165) is 0 Å². The summed E-state index contributed by atoms with van der Waals surface area (Å²) in [6.07, 6.45) is 0. The molecule has 0 spiro atoms. The third-order valence-corrected chi connectivity index (χ3v) is 4.14. The number of halogens is 1. The van der Waals surface area contributed by atoms with E-state index >= 15 is 0 Å². The molecule has 3 N–H and O–H groups in total. The normalized spacial score (nSPS) is 17.7. The lowest BCUT2D eigenvalue weighted by Gasteiger charge is -2.29. The number of urea groups is 2. The van der Waals surface area contributed by atoms with Gasteiger partial charge in [-0.25, -0.2) is 14.0 Å². The van der Waals surface area contributed by atoms with Crippen molar-refractivity contribution >= 4 is 23.7 Å². The summed E-state index contributed by atoms with van der Waals surface area (Å²) in [4.78, 5) is 38.7. The van der Waals surface area contributed by atoms with E-state index in [4.69, 9.17) is 0 Å². The zero-order valence-corrected chi connectivity index (χ0v) is 13.8. The summed E-state index contributed by atoms with van der Waals surface area (Å²) in [7, 11) is 0. The summed E-state index contributed by atoms with van der Waals surface area (Å²) in [6.45, 7) is 3.43. The average molecular weight is 349 g/mol. The Balaban J connectivity index is 1.54. The Hall–Kier alpha value is -2.84. The Labute approximate surface area is 144 Å². The summed E-state index contributed by atoms with van der Waals surface area (Å²) >= 11 is 0. The van der Waals surface area contributed by atoms with Crippen molar-refractivity contribution in [2.24, 2.45) is 0 Å². The number of rotatable bonds is 5. The Kier molecular flexibility index (Phi) is 4.73. The number of fused-ring (bicyclic) bond motifs is 1. The van der Waals surface area contributed by atoms with Gasteiger partial charge in [-0.2, -0.15) is 0 Å². The fourth-order valence-electron chi connectivity index (χ4n) is 2.97. The van der Waals surface area contributed by atoms with Gasteiger partial charge in [0.25, 0.3) is 0 Å². The lowest BCUT2D eigenvalue weighted by atomic mass is 10.1. The molecule has 1 saturated heterocycles. The van der Waals surface area contributed by atoms with Crippen LogP contribution in [0.15, 0.2) is 18.2 Å². The van der Waals surface area contributed by atoms with Gasteiger partial charge >= 0.3 is 12.1 Å². The Morgan fingerprint density at radius 3 is 2.84 bits per heavy atom. The molecule has 2 heterocycles. The van der Waals surface area contributed by atoms with Gasteiger partial charge in [-0.15, -0.1) is 0 Å². The van der Waals surface area contributed by atoms with Gasteiger partial charge in [-0.1, -0.05) is 0 Å². The third-order valence-electron chi connectivity index (χ3n) is 4.14. The molecule has 0 aromatic heterocycles. The van der Waals surface area contributed by atoms with E-state index in [1.165, 1.54) is 23.1 Å². The monoisotopic (exact) mass is 349 g/mol. The van der Waals surface area contributed by atoms with Crippen LogP contribution >= 0.6 is 0 Å².